The number of carbonyl (C=O) groups is 2. The van der Waals surface area contributed by atoms with Crippen molar-refractivity contribution in [1.82, 2.24) is 4.98 Å². The number of hydrogen-bond donors (Lipinski definition) is 1. The summed E-state index contributed by atoms with van der Waals surface area (Å²) < 4.78 is 10.3. The van der Waals surface area contributed by atoms with Gasteiger partial charge in [-0.15, -0.1) is 0 Å². The molecule has 7 nitrogen and oxygen atoms in total. The first-order chi connectivity index (χ1) is 14.0. The quantitative estimate of drug-likeness (QED) is 0.662. The Kier molecular flexibility index (Phi) is 5.85. The summed E-state index contributed by atoms with van der Waals surface area (Å²) in [5.74, 6) is -0.0551. The van der Waals surface area contributed by atoms with Crippen LogP contribution < -0.4 is 10.1 Å². The van der Waals surface area contributed by atoms with Gasteiger partial charge in [-0.05, 0) is 67.1 Å². The van der Waals surface area contributed by atoms with Crippen molar-refractivity contribution >= 4 is 17.6 Å². The molecule has 3 aromatic rings. The number of benzene rings is 2. The lowest BCUT2D eigenvalue weighted by Crippen LogP contribution is -2.13. The number of esters is 1. The van der Waals surface area contributed by atoms with E-state index in [1.807, 2.05) is 13.0 Å². The molecule has 2 aromatic carbocycles. The lowest BCUT2D eigenvalue weighted by molar-refractivity contribution is 0.0600. The van der Waals surface area contributed by atoms with Gasteiger partial charge >= 0.3 is 5.97 Å². The maximum Gasteiger partial charge on any atom is 0.337 e. The highest BCUT2D eigenvalue weighted by Crippen LogP contribution is 2.27. The minimum absolute atomic E-state index is 0.219. The molecule has 0 saturated carbocycles. The third-order valence-electron chi connectivity index (χ3n) is 4.12. The zero-order valence-corrected chi connectivity index (χ0v) is 15.8. The van der Waals surface area contributed by atoms with Crippen molar-refractivity contribution in [1.29, 1.82) is 5.26 Å². The zero-order chi connectivity index (χ0) is 20.8. The number of hydrogen-bond acceptors (Lipinski definition) is 6. The Labute approximate surface area is 167 Å². The number of carbonyl (C=O) groups excluding carboxylic acids is 2. The minimum Gasteiger partial charge on any atom is -0.465 e. The Balaban J connectivity index is 1.73. The molecule has 29 heavy (non-hydrogen) atoms. The van der Waals surface area contributed by atoms with Gasteiger partial charge in [0.05, 0.1) is 12.7 Å². The molecule has 1 heterocycles. The summed E-state index contributed by atoms with van der Waals surface area (Å²) in [6.45, 7) is 1.83. The molecule has 0 aliphatic rings. The third-order valence-corrected chi connectivity index (χ3v) is 4.12. The molecule has 3 rings (SSSR count). The lowest BCUT2D eigenvalue weighted by atomic mass is 10.1. The monoisotopic (exact) mass is 387 g/mol. The number of pyridine rings is 1. The molecule has 0 aliphatic heterocycles. The van der Waals surface area contributed by atoms with E-state index in [2.05, 4.69) is 15.0 Å². The highest BCUT2D eigenvalue weighted by Gasteiger charge is 2.12. The van der Waals surface area contributed by atoms with Gasteiger partial charge in [0.15, 0.2) is 0 Å². The number of anilines is 1. The third kappa shape index (κ3) is 4.57. The molecule has 0 atom stereocenters. The smallest absolute Gasteiger partial charge is 0.337 e. The molecule has 1 N–H and O–H groups in total. The van der Waals surface area contributed by atoms with E-state index in [-0.39, 0.29) is 11.8 Å². The molecule has 0 unspecified atom stereocenters. The Bertz CT molecular complexity index is 1100. The molecule has 0 bridgehead atoms. The predicted molar refractivity (Wildman–Crippen MR) is 106 cm³/mol. The van der Waals surface area contributed by atoms with Crippen molar-refractivity contribution in [2.45, 2.75) is 6.92 Å². The molecule has 1 aromatic heterocycles. The van der Waals surface area contributed by atoms with Crippen LogP contribution in [0.4, 0.5) is 5.69 Å². The molecule has 1 amide bonds. The lowest BCUT2D eigenvalue weighted by Gasteiger charge is -2.11. The number of nitrogens with zero attached hydrogens (tertiary/aromatic N) is 2. The van der Waals surface area contributed by atoms with Crippen molar-refractivity contribution in [2.75, 3.05) is 12.4 Å². The molecule has 0 saturated heterocycles. The van der Waals surface area contributed by atoms with Crippen molar-refractivity contribution in [3.63, 3.8) is 0 Å². The summed E-state index contributed by atoms with van der Waals surface area (Å²) >= 11 is 0. The minimum atomic E-state index is -0.462. The van der Waals surface area contributed by atoms with Gasteiger partial charge in [-0.3, -0.25) is 4.79 Å². The standard InChI is InChI=1S/C22H17N3O4/c1-14-12-18(29-21-17(13-23)4-3-11-24-21)9-10-19(14)25-20(26)15-5-7-16(8-6-15)22(27)28-2/h3-12H,1-2H3,(H,25,26). The molecular weight excluding hydrogens is 370 g/mol. The Morgan fingerprint density at radius 3 is 2.45 bits per heavy atom. The van der Waals surface area contributed by atoms with E-state index in [0.717, 1.165) is 5.56 Å². The molecular formula is C22H17N3O4. The molecule has 144 valence electrons. The second-order valence-corrected chi connectivity index (χ2v) is 6.07. The Morgan fingerprint density at radius 2 is 1.79 bits per heavy atom. The van der Waals surface area contributed by atoms with Crippen LogP contribution in [0.2, 0.25) is 0 Å². The van der Waals surface area contributed by atoms with Crippen LogP contribution >= 0.6 is 0 Å². The number of rotatable bonds is 5. The van der Waals surface area contributed by atoms with E-state index >= 15 is 0 Å². The molecule has 7 heteroatoms. The van der Waals surface area contributed by atoms with E-state index in [1.165, 1.54) is 19.2 Å². The molecule has 0 radical (unpaired) electrons. The predicted octanol–water partition coefficient (Wildman–Crippen LogP) is 4.09. The summed E-state index contributed by atoms with van der Waals surface area (Å²) in [6, 6.07) is 16.6. The van der Waals surface area contributed by atoms with Crippen LogP contribution in [0.25, 0.3) is 0 Å². The number of amides is 1. The number of aromatic nitrogens is 1. The summed E-state index contributed by atoms with van der Waals surface area (Å²) in [5.41, 5.74) is 2.49. The van der Waals surface area contributed by atoms with E-state index in [4.69, 9.17) is 10.00 Å². The van der Waals surface area contributed by atoms with Gasteiger partial charge in [0.1, 0.15) is 17.4 Å². The van der Waals surface area contributed by atoms with Gasteiger partial charge in [-0.25, -0.2) is 9.78 Å². The van der Waals surface area contributed by atoms with E-state index < -0.39 is 5.97 Å². The van der Waals surface area contributed by atoms with Gasteiger partial charge in [-0.2, -0.15) is 5.26 Å². The largest absolute Gasteiger partial charge is 0.465 e. The maximum absolute atomic E-state index is 12.5. The van der Waals surface area contributed by atoms with E-state index in [1.54, 1.807) is 48.7 Å². The molecule has 0 spiro atoms. The second kappa shape index (κ2) is 8.67. The number of nitrogens with one attached hydrogen (secondary N) is 1. The highest BCUT2D eigenvalue weighted by atomic mass is 16.5. The van der Waals surface area contributed by atoms with Crippen LogP contribution in [-0.2, 0) is 4.74 Å². The van der Waals surface area contributed by atoms with Crippen molar-refractivity contribution in [2.24, 2.45) is 0 Å². The summed E-state index contributed by atoms with van der Waals surface area (Å²) in [6.07, 6.45) is 1.54. The molecule has 0 aliphatic carbocycles. The highest BCUT2D eigenvalue weighted by molar-refractivity contribution is 6.05. The number of aryl methyl sites for hydroxylation is 1. The van der Waals surface area contributed by atoms with Crippen molar-refractivity contribution in [3.05, 3.63) is 83.0 Å². The second-order valence-electron chi connectivity index (χ2n) is 6.07. The average molecular weight is 387 g/mol. The van der Waals surface area contributed by atoms with Crippen molar-refractivity contribution < 1.29 is 19.1 Å². The SMILES string of the molecule is COC(=O)c1ccc(C(=O)Nc2ccc(Oc3ncccc3C#N)cc2C)cc1. The summed E-state index contributed by atoms with van der Waals surface area (Å²) in [4.78, 5) is 28.0. The first kappa shape index (κ1) is 19.6. The fourth-order valence-corrected chi connectivity index (χ4v) is 2.58. The van der Waals surface area contributed by atoms with Crippen molar-refractivity contribution in [3.8, 4) is 17.7 Å². The van der Waals surface area contributed by atoms with Crippen LogP contribution in [0.1, 0.15) is 31.8 Å². The van der Waals surface area contributed by atoms with Crippen LogP contribution in [0.15, 0.2) is 60.8 Å². The van der Waals surface area contributed by atoms with Gasteiger partial charge < -0.3 is 14.8 Å². The van der Waals surface area contributed by atoms with E-state index in [9.17, 15) is 9.59 Å². The van der Waals surface area contributed by atoms with Crippen LogP contribution in [-0.4, -0.2) is 24.0 Å². The summed E-state index contributed by atoms with van der Waals surface area (Å²) in [5, 5.41) is 11.9. The normalized spacial score (nSPS) is 9.97. The van der Waals surface area contributed by atoms with Gasteiger partial charge in [0.2, 0.25) is 5.88 Å². The Morgan fingerprint density at radius 1 is 1.07 bits per heavy atom. The van der Waals surface area contributed by atoms with Gasteiger partial charge in [0.25, 0.3) is 5.91 Å². The fourth-order valence-electron chi connectivity index (χ4n) is 2.58. The van der Waals surface area contributed by atoms with Crippen LogP contribution in [0, 0.1) is 18.3 Å². The van der Waals surface area contributed by atoms with Crippen LogP contribution in [0.5, 0.6) is 11.6 Å². The number of nitriles is 1. The maximum atomic E-state index is 12.5. The average Bonchev–Trinajstić information content (AvgIpc) is 2.75. The van der Waals surface area contributed by atoms with Gasteiger partial charge in [0, 0.05) is 17.4 Å². The van der Waals surface area contributed by atoms with E-state index in [0.29, 0.717) is 28.1 Å². The first-order valence-corrected chi connectivity index (χ1v) is 8.65. The number of methoxy groups -OCH3 is 1. The fraction of sp³-hybridized carbons (Fsp3) is 0.0909. The molecule has 0 fully saturated rings. The zero-order valence-electron chi connectivity index (χ0n) is 15.8. The Hall–Kier alpha value is -4.18. The topological polar surface area (TPSA) is 101 Å². The van der Waals surface area contributed by atoms with Crippen LogP contribution in [0.3, 0.4) is 0 Å². The number of ether oxygens (including phenoxy) is 2. The van der Waals surface area contributed by atoms with Gasteiger partial charge in [-0.1, -0.05) is 0 Å². The first-order valence-electron chi connectivity index (χ1n) is 8.65. The summed E-state index contributed by atoms with van der Waals surface area (Å²) in [7, 11) is 1.30.